The Labute approximate surface area is 141 Å². The lowest BCUT2D eigenvalue weighted by molar-refractivity contribution is 0.0981. The molecule has 0 radical (unpaired) electrons. The molecule has 0 bridgehead atoms. The summed E-state index contributed by atoms with van der Waals surface area (Å²) in [5, 5.41) is 3.79. The predicted molar refractivity (Wildman–Crippen MR) is 93.4 cm³/mol. The van der Waals surface area contributed by atoms with Gasteiger partial charge < -0.3 is 5.32 Å². The Morgan fingerprint density at radius 3 is 2.81 bits per heavy atom. The Hall–Kier alpha value is -0.840. The van der Waals surface area contributed by atoms with Crippen molar-refractivity contribution in [3.63, 3.8) is 0 Å². The van der Waals surface area contributed by atoms with Gasteiger partial charge in [-0.2, -0.15) is 0 Å². The van der Waals surface area contributed by atoms with Crippen LogP contribution in [0.25, 0.3) is 0 Å². The monoisotopic (exact) mass is 406 g/mol. The van der Waals surface area contributed by atoms with Crippen LogP contribution in [0.2, 0.25) is 0 Å². The molecule has 0 saturated heterocycles. The number of benzene rings is 2. The number of rotatable bonds is 0. The molecule has 108 valence electrons. The van der Waals surface area contributed by atoms with Crippen molar-refractivity contribution in [1.29, 1.82) is 0 Å². The third kappa shape index (κ3) is 2.07. The van der Waals surface area contributed by atoms with Gasteiger partial charge in [-0.15, -0.1) is 0 Å². The maximum absolute atomic E-state index is 3.79. The molecule has 2 aromatic rings. The van der Waals surface area contributed by atoms with E-state index in [-0.39, 0.29) is 5.66 Å². The van der Waals surface area contributed by atoms with Crippen molar-refractivity contribution >= 4 is 37.5 Å². The SMILES string of the molecule is CC12Nc3c(Br)cc(Br)cc3CN1CCc1ccccc12. The molecule has 0 aromatic heterocycles. The number of hydrogen-bond acceptors (Lipinski definition) is 2. The molecule has 2 aliphatic rings. The molecule has 2 heterocycles. The molecule has 1 unspecified atom stereocenters. The van der Waals surface area contributed by atoms with Gasteiger partial charge in [0, 0.05) is 22.0 Å². The molecule has 0 fully saturated rings. The van der Waals surface area contributed by atoms with E-state index in [0.29, 0.717) is 0 Å². The van der Waals surface area contributed by atoms with Gasteiger partial charge >= 0.3 is 0 Å². The Kier molecular flexibility index (Phi) is 3.18. The summed E-state index contributed by atoms with van der Waals surface area (Å²) in [7, 11) is 0. The van der Waals surface area contributed by atoms with Crippen molar-refractivity contribution in [2.24, 2.45) is 0 Å². The molecule has 1 N–H and O–H groups in total. The molecule has 0 aliphatic carbocycles. The van der Waals surface area contributed by atoms with Crippen LogP contribution in [-0.4, -0.2) is 11.4 Å². The predicted octanol–water partition coefficient (Wildman–Crippen LogP) is 4.87. The van der Waals surface area contributed by atoms with Crippen molar-refractivity contribution in [3.05, 3.63) is 62.0 Å². The van der Waals surface area contributed by atoms with Gasteiger partial charge in [-0.25, -0.2) is 0 Å². The molecule has 1 atom stereocenters. The average molecular weight is 408 g/mol. The Morgan fingerprint density at radius 1 is 1.14 bits per heavy atom. The van der Waals surface area contributed by atoms with Crippen LogP contribution in [0.4, 0.5) is 5.69 Å². The van der Waals surface area contributed by atoms with Crippen molar-refractivity contribution < 1.29 is 0 Å². The van der Waals surface area contributed by atoms with Crippen LogP contribution in [0.5, 0.6) is 0 Å². The van der Waals surface area contributed by atoms with Gasteiger partial charge in [0.05, 0.1) is 5.69 Å². The molecule has 0 saturated carbocycles. The minimum absolute atomic E-state index is 0.127. The lowest BCUT2D eigenvalue weighted by atomic mass is 9.85. The summed E-state index contributed by atoms with van der Waals surface area (Å²) in [6.07, 6.45) is 1.12. The molecular weight excluding hydrogens is 392 g/mol. The Morgan fingerprint density at radius 2 is 1.95 bits per heavy atom. The highest BCUT2D eigenvalue weighted by atomic mass is 79.9. The van der Waals surface area contributed by atoms with Crippen LogP contribution in [0.3, 0.4) is 0 Å². The summed E-state index contributed by atoms with van der Waals surface area (Å²) in [6, 6.07) is 13.1. The highest BCUT2D eigenvalue weighted by Crippen LogP contribution is 2.44. The van der Waals surface area contributed by atoms with Crippen LogP contribution < -0.4 is 5.32 Å². The molecule has 0 amide bonds. The van der Waals surface area contributed by atoms with Gasteiger partial charge in [-0.3, -0.25) is 4.90 Å². The number of nitrogens with one attached hydrogen (secondary N) is 1. The van der Waals surface area contributed by atoms with E-state index in [9.17, 15) is 0 Å². The second kappa shape index (κ2) is 4.83. The Bertz CT molecular complexity index is 729. The first-order valence-electron chi connectivity index (χ1n) is 7.17. The fourth-order valence-corrected chi connectivity index (χ4v) is 5.00. The molecule has 4 heteroatoms. The van der Waals surface area contributed by atoms with E-state index in [1.807, 2.05) is 0 Å². The number of halogens is 2. The largest absolute Gasteiger partial charge is 0.362 e. The van der Waals surface area contributed by atoms with Crippen molar-refractivity contribution in [2.45, 2.75) is 25.6 Å². The van der Waals surface area contributed by atoms with E-state index < -0.39 is 0 Å². The molecule has 2 aliphatic heterocycles. The molecule has 2 nitrogen and oxygen atoms in total. The highest BCUT2D eigenvalue weighted by molar-refractivity contribution is 9.11. The maximum Gasteiger partial charge on any atom is 0.115 e. The van der Waals surface area contributed by atoms with Crippen LogP contribution in [0.15, 0.2) is 45.3 Å². The summed E-state index contributed by atoms with van der Waals surface area (Å²) >= 11 is 7.29. The summed E-state index contributed by atoms with van der Waals surface area (Å²) < 4.78 is 2.24. The lowest BCUT2D eigenvalue weighted by Gasteiger charge is -2.50. The molecule has 0 spiro atoms. The average Bonchev–Trinajstić information content (AvgIpc) is 2.46. The van der Waals surface area contributed by atoms with Gasteiger partial charge in [0.2, 0.25) is 0 Å². The Balaban J connectivity index is 1.87. The second-order valence-corrected chi connectivity index (χ2v) is 7.72. The number of nitrogens with zero attached hydrogens (tertiary/aromatic N) is 1. The first-order chi connectivity index (χ1) is 10.1. The van der Waals surface area contributed by atoms with Gasteiger partial charge in [0.25, 0.3) is 0 Å². The van der Waals surface area contributed by atoms with E-state index >= 15 is 0 Å². The van der Waals surface area contributed by atoms with E-state index in [4.69, 9.17) is 0 Å². The van der Waals surface area contributed by atoms with Crippen LogP contribution in [0.1, 0.15) is 23.6 Å². The van der Waals surface area contributed by atoms with Crippen LogP contribution >= 0.6 is 31.9 Å². The quantitative estimate of drug-likeness (QED) is 0.670. The second-order valence-electron chi connectivity index (χ2n) is 5.95. The van der Waals surface area contributed by atoms with Crippen LogP contribution in [0, 0.1) is 0 Å². The minimum atomic E-state index is -0.127. The fourth-order valence-electron chi connectivity index (χ4n) is 3.59. The lowest BCUT2D eigenvalue weighted by Crippen LogP contribution is -2.55. The van der Waals surface area contributed by atoms with Crippen molar-refractivity contribution in [3.8, 4) is 0 Å². The maximum atomic E-state index is 3.79. The van der Waals surface area contributed by atoms with Gasteiger partial charge in [0.1, 0.15) is 5.66 Å². The number of anilines is 1. The van der Waals surface area contributed by atoms with Gasteiger partial charge in [0.15, 0.2) is 0 Å². The topological polar surface area (TPSA) is 15.3 Å². The summed E-state index contributed by atoms with van der Waals surface area (Å²) in [4.78, 5) is 2.54. The smallest absolute Gasteiger partial charge is 0.115 e. The standard InChI is InChI=1S/C17H16Br2N2/c1-17-14-5-3-2-4-11(14)6-7-21(17)10-12-8-13(18)9-15(19)16(12)20-17/h2-5,8-9,20H,6-7,10H2,1H3. The first kappa shape index (κ1) is 13.8. The van der Waals surface area contributed by atoms with Gasteiger partial charge in [-0.1, -0.05) is 40.2 Å². The zero-order valence-corrected chi connectivity index (χ0v) is 15.0. The number of fused-ring (bicyclic) bond motifs is 4. The summed E-state index contributed by atoms with van der Waals surface area (Å²) in [5.74, 6) is 0. The van der Waals surface area contributed by atoms with E-state index in [2.05, 4.69) is 85.4 Å². The normalized spacial score (nSPS) is 23.8. The third-order valence-corrected chi connectivity index (χ3v) is 5.77. The third-order valence-electron chi connectivity index (χ3n) is 4.69. The number of hydrogen-bond donors (Lipinski definition) is 1. The fraction of sp³-hybridized carbons (Fsp3) is 0.294. The van der Waals surface area contributed by atoms with E-state index in [1.54, 1.807) is 0 Å². The molecular formula is C17H16Br2N2. The minimum Gasteiger partial charge on any atom is -0.362 e. The van der Waals surface area contributed by atoms with Crippen LogP contribution in [-0.2, 0) is 18.6 Å². The van der Waals surface area contributed by atoms with E-state index in [1.165, 1.54) is 22.4 Å². The van der Waals surface area contributed by atoms with Crippen molar-refractivity contribution in [2.75, 3.05) is 11.9 Å². The van der Waals surface area contributed by atoms with E-state index in [0.717, 1.165) is 28.5 Å². The zero-order valence-electron chi connectivity index (χ0n) is 11.8. The molecule has 2 aromatic carbocycles. The van der Waals surface area contributed by atoms with Gasteiger partial charge in [-0.05, 0) is 58.1 Å². The first-order valence-corrected chi connectivity index (χ1v) is 8.76. The highest BCUT2D eigenvalue weighted by Gasteiger charge is 2.42. The zero-order chi connectivity index (χ0) is 14.6. The molecule has 4 rings (SSSR count). The molecule has 21 heavy (non-hydrogen) atoms. The summed E-state index contributed by atoms with van der Waals surface area (Å²) in [5.41, 5.74) is 5.29. The summed E-state index contributed by atoms with van der Waals surface area (Å²) in [6.45, 7) is 4.36. The van der Waals surface area contributed by atoms with Crippen molar-refractivity contribution in [1.82, 2.24) is 4.90 Å².